The number of nitrogens with zero attached hydrogens (tertiary/aromatic N) is 3. The predicted octanol–water partition coefficient (Wildman–Crippen LogP) is 0.985. The van der Waals surface area contributed by atoms with Crippen molar-refractivity contribution in [1.82, 2.24) is 20.0 Å². The van der Waals surface area contributed by atoms with Crippen LogP contribution in [0, 0.1) is 5.82 Å². The summed E-state index contributed by atoms with van der Waals surface area (Å²) in [6, 6.07) is 6.65. The van der Waals surface area contributed by atoms with Crippen LogP contribution in [0.15, 0.2) is 24.3 Å². The molecule has 2 saturated heterocycles. The van der Waals surface area contributed by atoms with Gasteiger partial charge in [-0.15, -0.1) is 0 Å². The second-order valence-electron chi connectivity index (χ2n) is 6.58. The third-order valence-electron chi connectivity index (χ3n) is 4.79. The summed E-state index contributed by atoms with van der Waals surface area (Å²) in [6.07, 6.45) is 0. The molecule has 25 heavy (non-hydrogen) atoms. The number of ether oxygens (including phenoxy) is 1. The van der Waals surface area contributed by atoms with Gasteiger partial charge in [0.25, 0.3) is 0 Å². The van der Waals surface area contributed by atoms with Crippen LogP contribution in [0.3, 0.4) is 0 Å². The fourth-order valence-electron chi connectivity index (χ4n) is 3.21. The van der Waals surface area contributed by atoms with Crippen LogP contribution in [0.5, 0.6) is 0 Å². The van der Waals surface area contributed by atoms with Crippen molar-refractivity contribution >= 4 is 6.03 Å². The molecule has 2 amide bonds. The van der Waals surface area contributed by atoms with E-state index in [1.807, 2.05) is 17.0 Å². The zero-order valence-electron chi connectivity index (χ0n) is 14.6. The van der Waals surface area contributed by atoms with Gasteiger partial charge in [-0.2, -0.15) is 0 Å². The first-order valence-corrected chi connectivity index (χ1v) is 9.00. The van der Waals surface area contributed by atoms with Gasteiger partial charge in [-0.05, 0) is 17.7 Å². The van der Waals surface area contributed by atoms with E-state index in [0.717, 1.165) is 71.1 Å². The molecule has 3 rings (SSSR count). The van der Waals surface area contributed by atoms with Gasteiger partial charge in [-0.1, -0.05) is 12.1 Å². The molecule has 0 atom stereocenters. The van der Waals surface area contributed by atoms with Gasteiger partial charge in [0.15, 0.2) is 0 Å². The second kappa shape index (κ2) is 9.12. The lowest BCUT2D eigenvalue weighted by Crippen LogP contribution is -2.52. The maximum absolute atomic E-state index is 13.0. The van der Waals surface area contributed by atoms with E-state index >= 15 is 0 Å². The van der Waals surface area contributed by atoms with E-state index in [4.69, 9.17) is 4.74 Å². The van der Waals surface area contributed by atoms with Gasteiger partial charge in [-0.3, -0.25) is 9.80 Å². The summed E-state index contributed by atoms with van der Waals surface area (Å²) >= 11 is 0. The van der Waals surface area contributed by atoms with Gasteiger partial charge in [-0.25, -0.2) is 9.18 Å². The minimum atomic E-state index is -0.206. The van der Waals surface area contributed by atoms with Crippen LogP contribution >= 0.6 is 0 Å². The minimum absolute atomic E-state index is 0.0229. The average Bonchev–Trinajstić information content (AvgIpc) is 2.65. The van der Waals surface area contributed by atoms with Gasteiger partial charge < -0.3 is 15.0 Å². The van der Waals surface area contributed by atoms with Crippen molar-refractivity contribution in [3.63, 3.8) is 0 Å². The Balaban J connectivity index is 1.33. The highest BCUT2D eigenvalue weighted by atomic mass is 19.1. The molecule has 0 saturated carbocycles. The molecule has 0 radical (unpaired) electrons. The van der Waals surface area contributed by atoms with Crippen molar-refractivity contribution in [1.29, 1.82) is 0 Å². The zero-order valence-corrected chi connectivity index (χ0v) is 14.6. The molecular weight excluding hydrogens is 323 g/mol. The van der Waals surface area contributed by atoms with E-state index in [1.54, 1.807) is 0 Å². The lowest BCUT2D eigenvalue weighted by molar-refractivity contribution is 0.0385. The maximum atomic E-state index is 13.0. The highest BCUT2D eigenvalue weighted by molar-refractivity contribution is 5.74. The average molecular weight is 350 g/mol. The Morgan fingerprint density at radius 1 is 1.00 bits per heavy atom. The normalized spacial score (nSPS) is 19.8. The summed E-state index contributed by atoms with van der Waals surface area (Å²) in [5.41, 5.74) is 1.10. The number of halogens is 1. The topological polar surface area (TPSA) is 48.1 Å². The minimum Gasteiger partial charge on any atom is -0.379 e. The van der Waals surface area contributed by atoms with E-state index in [-0.39, 0.29) is 11.8 Å². The summed E-state index contributed by atoms with van der Waals surface area (Å²) in [5, 5.41) is 3.01. The van der Waals surface area contributed by atoms with Gasteiger partial charge >= 0.3 is 6.03 Å². The lowest BCUT2D eigenvalue weighted by Gasteiger charge is -2.35. The Labute approximate surface area is 148 Å². The summed E-state index contributed by atoms with van der Waals surface area (Å²) in [4.78, 5) is 18.7. The number of carbonyl (C=O) groups is 1. The van der Waals surface area contributed by atoms with Crippen LogP contribution < -0.4 is 5.32 Å². The van der Waals surface area contributed by atoms with E-state index < -0.39 is 0 Å². The zero-order chi connectivity index (χ0) is 17.5. The van der Waals surface area contributed by atoms with Gasteiger partial charge in [0.2, 0.25) is 0 Å². The Hall–Kier alpha value is -1.70. The number of hydrogen-bond donors (Lipinski definition) is 1. The summed E-state index contributed by atoms with van der Waals surface area (Å²) in [6.45, 7) is 8.93. The van der Waals surface area contributed by atoms with Crippen molar-refractivity contribution < 1.29 is 13.9 Å². The number of hydrogen-bond acceptors (Lipinski definition) is 4. The molecule has 7 heteroatoms. The predicted molar refractivity (Wildman–Crippen MR) is 93.9 cm³/mol. The molecule has 0 aromatic heterocycles. The molecule has 138 valence electrons. The van der Waals surface area contributed by atoms with Crippen molar-refractivity contribution in [2.45, 2.75) is 6.54 Å². The van der Waals surface area contributed by atoms with Crippen molar-refractivity contribution in [3.8, 4) is 0 Å². The van der Waals surface area contributed by atoms with E-state index in [0.29, 0.717) is 6.54 Å². The number of rotatable bonds is 5. The largest absolute Gasteiger partial charge is 0.379 e. The summed E-state index contributed by atoms with van der Waals surface area (Å²) in [5.74, 6) is -0.206. The smallest absolute Gasteiger partial charge is 0.317 e. The van der Waals surface area contributed by atoms with Crippen molar-refractivity contribution in [3.05, 3.63) is 35.6 Å². The van der Waals surface area contributed by atoms with Crippen LogP contribution in [0.1, 0.15) is 5.56 Å². The Morgan fingerprint density at radius 3 is 2.36 bits per heavy atom. The molecule has 6 nitrogen and oxygen atoms in total. The molecule has 2 fully saturated rings. The molecule has 0 spiro atoms. The molecule has 1 aromatic carbocycles. The Morgan fingerprint density at radius 2 is 1.68 bits per heavy atom. The third kappa shape index (κ3) is 5.66. The molecule has 0 bridgehead atoms. The number of carbonyl (C=O) groups excluding carboxylic acids is 1. The Bertz CT molecular complexity index is 541. The molecule has 2 aliphatic heterocycles. The van der Waals surface area contributed by atoms with Gasteiger partial charge in [0, 0.05) is 58.9 Å². The van der Waals surface area contributed by atoms with Crippen molar-refractivity contribution in [2.24, 2.45) is 0 Å². The molecule has 2 heterocycles. The molecular formula is C18H27FN4O2. The van der Waals surface area contributed by atoms with Crippen LogP contribution in [0.4, 0.5) is 9.18 Å². The molecule has 2 aliphatic rings. The number of piperazine rings is 1. The van der Waals surface area contributed by atoms with E-state index in [9.17, 15) is 9.18 Å². The third-order valence-corrected chi connectivity index (χ3v) is 4.79. The number of urea groups is 1. The van der Waals surface area contributed by atoms with Crippen LogP contribution in [-0.4, -0.2) is 86.3 Å². The number of amides is 2. The number of morpholine rings is 1. The monoisotopic (exact) mass is 350 g/mol. The molecule has 0 aliphatic carbocycles. The standard InChI is InChI=1S/C18H27FN4O2/c19-17-3-1-16(2-4-17)15-22-7-9-23(10-8-22)18(24)20-5-6-21-11-13-25-14-12-21/h1-4H,5-15H2,(H,20,24). The van der Waals surface area contributed by atoms with E-state index in [2.05, 4.69) is 15.1 Å². The fourth-order valence-corrected chi connectivity index (χ4v) is 3.21. The first kappa shape index (κ1) is 18.1. The van der Waals surface area contributed by atoms with E-state index in [1.165, 1.54) is 12.1 Å². The maximum Gasteiger partial charge on any atom is 0.317 e. The number of nitrogens with one attached hydrogen (secondary N) is 1. The van der Waals surface area contributed by atoms with Crippen LogP contribution in [0.2, 0.25) is 0 Å². The Kier molecular flexibility index (Phi) is 6.61. The highest BCUT2D eigenvalue weighted by Gasteiger charge is 2.21. The van der Waals surface area contributed by atoms with Gasteiger partial charge in [0.1, 0.15) is 5.82 Å². The molecule has 1 N–H and O–H groups in total. The van der Waals surface area contributed by atoms with Crippen LogP contribution in [0.25, 0.3) is 0 Å². The fraction of sp³-hybridized carbons (Fsp3) is 0.611. The SMILES string of the molecule is O=C(NCCN1CCOCC1)N1CCN(Cc2ccc(F)cc2)CC1. The highest BCUT2D eigenvalue weighted by Crippen LogP contribution is 2.09. The quantitative estimate of drug-likeness (QED) is 0.860. The molecule has 1 aromatic rings. The second-order valence-corrected chi connectivity index (χ2v) is 6.58. The summed E-state index contributed by atoms with van der Waals surface area (Å²) in [7, 11) is 0. The van der Waals surface area contributed by atoms with Gasteiger partial charge in [0.05, 0.1) is 13.2 Å². The lowest BCUT2D eigenvalue weighted by atomic mass is 10.2. The molecule has 0 unspecified atom stereocenters. The van der Waals surface area contributed by atoms with Crippen LogP contribution in [-0.2, 0) is 11.3 Å². The summed E-state index contributed by atoms with van der Waals surface area (Å²) < 4.78 is 18.3. The van der Waals surface area contributed by atoms with Crippen molar-refractivity contribution in [2.75, 3.05) is 65.6 Å². The first-order valence-electron chi connectivity index (χ1n) is 9.00. The first-order chi connectivity index (χ1) is 12.2. The number of benzene rings is 1.